The van der Waals surface area contributed by atoms with Crippen LogP contribution in [0, 0.1) is 0 Å². The lowest BCUT2D eigenvalue weighted by Gasteiger charge is -2.28. The summed E-state index contributed by atoms with van der Waals surface area (Å²) < 4.78 is 7.49. The largest absolute Gasteiger partial charge is 0.494 e. The van der Waals surface area contributed by atoms with Gasteiger partial charge >= 0.3 is 0 Å². The number of fused-ring (bicyclic) bond motifs is 1. The van der Waals surface area contributed by atoms with Crippen molar-refractivity contribution in [1.82, 2.24) is 19.5 Å². The second kappa shape index (κ2) is 9.23. The molecule has 35 heavy (non-hydrogen) atoms. The number of rotatable bonds is 7. The van der Waals surface area contributed by atoms with Crippen LogP contribution in [-0.2, 0) is 6.42 Å². The average molecular weight is 487 g/mol. The van der Waals surface area contributed by atoms with Crippen LogP contribution in [0.2, 0.25) is 5.15 Å². The summed E-state index contributed by atoms with van der Waals surface area (Å²) in [5.74, 6) is 2.53. The number of aromatic nitrogens is 4. The second-order valence-corrected chi connectivity index (χ2v) is 9.54. The van der Waals surface area contributed by atoms with Gasteiger partial charge in [-0.1, -0.05) is 41.9 Å². The summed E-state index contributed by atoms with van der Waals surface area (Å²) in [5, 5.41) is 7.55. The number of hydrogen-bond acceptors (Lipinski definition) is 6. The van der Waals surface area contributed by atoms with Gasteiger partial charge in [0.2, 0.25) is 5.95 Å². The molecule has 6 rings (SSSR count). The number of hydrogen-bond donors (Lipinski definition) is 2. The molecule has 1 saturated carbocycles. The number of benzene rings is 2. The van der Waals surface area contributed by atoms with Gasteiger partial charge in [0.1, 0.15) is 23.0 Å². The smallest absolute Gasteiger partial charge is 0.229 e. The van der Waals surface area contributed by atoms with Gasteiger partial charge in [-0.2, -0.15) is 4.98 Å². The number of anilines is 3. The second-order valence-electron chi connectivity index (χ2n) is 9.15. The molecule has 1 unspecified atom stereocenters. The first-order chi connectivity index (χ1) is 17.2. The van der Waals surface area contributed by atoms with Crippen LogP contribution in [0.25, 0.3) is 5.69 Å². The van der Waals surface area contributed by atoms with Gasteiger partial charge in [-0.05, 0) is 49.8 Å². The van der Waals surface area contributed by atoms with Crippen molar-refractivity contribution in [3.05, 3.63) is 83.0 Å². The van der Waals surface area contributed by atoms with E-state index in [0.717, 1.165) is 35.7 Å². The van der Waals surface area contributed by atoms with E-state index in [1.165, 1.54) is 30.4 Å². The molecule has 178 valence electrons. The molecule has 0 aliphatic heterocycles. The summed E-state index contributed by atoms with van der Waals surface area (Å²) in [4.78, 5) is 14.0. The van der Waals surface area contributed by atoms with Crippen LogP contribution < -0.4 is 15.4 Å². The Balaban J connectivity index is 1.35. The van der Waals surface area contributed by atoms with Gasteiger partial charge in [0, 0.05) is 35.5 Å². The molecule has 2 aromatic heterocycles. The third-order valence-electron chi connectivity index (χ3n) is 6.97. The monoisotopic (exact) mass is 486 g/mol. The van der Waals surface area contributed by atoms with Crippen molar-refractivity contribution < 1.29 is 4.74 Å². The lowest BCUT2D eigenvalue weighted by molar-refractivity contribution is 0.413. The predicted octanol–water partition coefficient (Wildman–Crippen LogP) is 6.11. The van der Waals surface area contributed by atoms with Crippen molar-refractivity contribution >= 4 is 29.1 Å². The lowest BCUT2D eigenvalue weighted by Crippen LogP contribution is -2.28. The number of halogens is 1. The fourth-order valence-corrected chi connectivity index (χ4v) is 5.07. The Bertz CT molecular complexity index is 1350. The standard InChI is InChI=1S/C27H27ClN6O/c1-35-23-14-19(10-13-22(23)34-15-24(28)29-16-34)31-27-32-25-20(17-6-3-2-4-7-17)11-12-21(25)26(33-27)30-18-8-5-9-18/h2-4,6-7,10,13-16,18,20H,5,8-9,11-12H2,1H3,(H2,30,31,32,33). The topological polar surface area (TPSA) is 76.9 Å². The van der Waals surface area contributed by atoms with E-state index in [4.69, 9.17) is 26.3 Å². The van der Waals surface area contributed by atoms with Crippen molar-refractivity contribution in [2.24, 2.45) is 0 Å². The number of nitrogens with one attached hydrogen (secondary N) is 2. The molecule has 7 nitrogen and oxygen atoms in total. The molecule has 0 radical (unpaired) electrons. The Labute approximate surface area is 209 Å². The highest BCUT2D eigenvalue weighted by atomic mass is 35.5. The molecule has 0 amide bonds. The maximum atomic E-state index is 6.00. The molecular formula is C27H27ClN6O. The fourth-order valence-electron chi connectivity index (χ4n) is 4.92. The van der Waals surface area contributed by atoms with Gasteiger partial charge in [-0.3, -0.25) is 0 Å². The van der Waals surface area contributed by atoms with E-state index in [1.807, 2.05) is 22.8 Å². The van der Waals surface area contributed by atoms with Crippen molar-refractivity contribution in [3.63, 3.8) is 0 Å². The predicted molar refractivity (Wildman–Crippen MR) is 138 cm³/mol. The minimum absolute atomic E-state index is 0.277. The highest BCUT2D eigenvalue weighted by Gasteiger charge is 2.31. The van der Waals surface area contributed by atoms with Gasteiger partial charge in [0.05, 0.1) is 18.5 Å². The molecule has 4 aromatic rings. The molecule has 2 aromatic carbocycles. The van der Waals surface area contributed by atoms with E-state index in [1.54, 1.807) is 19.6 Å². The number of nitrogens with zero attached hydrogens (tertiary/aromatic N) is 4. The zero-order chi connectivity index (χ0) is 23.8. The zero-order valence-electron chi connectivity index (χ0n) is 19.5. The molecule has 2 N–H and O–H groups in total. The Morgan fingerprint density at radius 2 is 1.91 bits per heavy atom. The highest BCUT2D eigenvalue weighted by Crippen LogP contribution is 2.41. The van der Waals surface area contributed by atoms with Gasteiger partial charge in [-0.15, -0.1) is 0 Å². The normalized spacial score (nSPS) is 17.0. The number of ether oxygens (including phenoxy) is 1. The SMILES string of the molecule is COc1cc(Nc2nc(NC3CCC3)c3c(n2)C(c2ccccc2)CC3)ccc1-n1cnc(Cl)c1. The third kappa shape index (κ3) is 4.32. The third-order valence-corrected chi connectivity index (χ3v) is 7.16. The van der Waals surface area contributed by atoms with Crippen LogP contribution in [0.15, 0.2) is 61.1 Å². The zero-order valence-corrected chi connectivity index (χ0v) is 20.3. The molecule has 1 fully saturated rings. The first kappa shape index (κ1) is 21.9. The van der Waals surface area contributed by atoms with E-state index in [9.17, 15) is 0 Å². The van der Waals surface area contributed by atoms with Crippen LogP contribution >= 0.6 is 11.6 Å². The lowest BCUT2D eigenvalue weighted by atomic mass is 9.93. The molecule has 2 aliphatic rings. The van der Waals surface area contributed by atoms with Crippen molar-refractivity contribution in [2.75, 3.05) is 17.7 Å². The Hall–Kier alpha value is -3.58. The fraction of sp³-hybridized carbons (Fsp3) is 0.296. The van der Waals surface area contributed by atoms with Crippen molar-refractivity contribution in [2.45, 2.75) is 44.1 Å². The minimum atomic E-state index is 0.277. The van der Waals surface area contributed by atoms with Crippen LogP contribution in [0.1, 0.15) is 48.4 Å². The van der Waals surface area contributed by atoms with E-state index < -0.39 is 0 Å². The van der Waals surface area contributed by atoms with Crippen LogP contribution in [0.3, 0.4) is 0 Å². The average Bonchev–Trinajstić information content (AvgIpc) is 3.48. The summed E-state index contributed by atoms with van der Waals surface area (Å²) >= 11 is 6.00. The Morgan fingerprint density at radius 3 is 2.63 bits per heavy atom. The molecule has 2 heterocycles. The number of imidazole rings is 1. The van der Waals surface area contributed by atoms with E-state index >= 15 is 0 Å². The molecule has 0 bridgehead atoms. The first-order valence-corrected chi connectivity index (χ1v) is 12.4. The van der Waals surface area contributed by atoms with Gasteiger partial charge in [0.25, 0.3) is 0 Å². The molecule has 0 spiro atoms. The summed E-state index contributed by atoms with van der Waals surface area (Å²) in [5.41, 5.74) is 5.37. The molecule has 0 saturated heterocycles. The summed E-state index contributed by atoms with van der Waals surface area (Å²) in [7, 11) is 1.65. The molecule has 8 heteroatoms. The van der Waals surface area contributed by atoms with E-state index in [-0.39, 0.29) is 5.92 Å². The Kier molecular flexibility index (Phi) is 5.78. The highest BCUT2D eigenvalue weighted by molar-refractivity contribution is 6.29. The van der Waals surface area contributed by atoms with Crippen LogP contribution in [-0.4, -0.2) is 32.7 Å². The van der Waals surface area contributed by atoms with Crippen LogP contribution in [0.5, 0.6) is 5.75 Å². The maximum absolute atomic E-state index is 6.00. The molecule has 2 aliphatic carbocycles. The van der Waals surface area contributed by atoms with Crippen molar-refractivity contribution in [1.29, 1.82) is 0 Å². The van der Waals surface area contributed by atoms with E-state index in [2.05, 4.69) is 45.9 Å². The molecular weight excluding hydrogens is 460 g/mol. The summed E-state index contributed by atoms with van der Waals surface area (Å²) in [6.07, 6.45) is 9.11. The van der Waals surface area contributed by atoms with Crippen LogP contribution in [0.4, 0.5) is 17.5 Å². The Morgan fingerprint density at radius 1 is 1.06 bits per heavy atom. The maximum Gasteiger partial charge on any atom is 0.229 e. The van der Waals surface area contributed by atoms with Gasteiger partial charge in [0.15, 0.2) is 0 Å². The quantitative estimate of drug-likeness (QED) is 0.328. The summed E-state index contributed by atoms with van der Waals surface area (Å²) in [6.45, 7) is 0. The number of methoxy groups -OCH3 is 1. The van der Waals surface area contributed by atoms with Gasteiger partial charge in [-0.25, -0.2) is 9.97 Å². The van der Waals surface area contributed by atoms with E-state index in [0.29, 0.717) is 22.9 Å². The van der Waals surface area contributed by atoms with Crippen molar-refractivity contribution in [3.8, 4) is 11.4 Å². The molecule has 1 atom stereocenters. The minimum Gasteiger partial charge on any atom is -0.494 e. The van der Waals surface area contributed by atoms with Gasteiger partial charge < -0.3 is 19.9 Å². The summed E-state index contributed by atoms with van der Waals surface area (Å²) in [6, 6.07) is 17.0. The first-order valence-electron chi connectivity index (χ1n) is 12.0.